The Bertz CT molecular complexity index is 699. The van der Waals surface area contributed by atoms with Crippen LogP contribution >= 0.6 is 0 Å². The zero-order valence-electron chi connectivity index (χ0n) is 14.3. The van der Waals surface area contributed by atoms with Gasteiger partial charge in [0.15, 0.2) is 0 Å². The molecule has 23 heavy (non-hydrogen) atoms. The Morgan fingerprint density at radius 1 is 0.913 bits per heavy atom. The second-order valence-corrected chi connectivity index (χ2v) is 6.74. The first-order valence-corrected chi connectivity index (χ1v) is 7.80. The first kappa shape index (κ1) is 16.0. The molecule has 1 saturated heterocycles. The van der Waals surface area contributed by atoms with Crippen molar-refractivity contribution in [1.82, 2.24) is 4.98 Å². The molecule has 2 aromatic rings. The van der Waals surface area contributed by atoms with Gasteiger partial charge in [-0.3, -0.25) is 4.98 Å². The summed E-state index contributed by atoms with van der Waals surface area (Å²) >= 11 is 0. The molecule has 0 N–H and O–H groups in total. The molecular formula is C18H22BNO3. The quantitative estimate of drug-likeness (QED) is 0.817. The number of para-hydroxylation sites is 1. The molecule has 2 heterocycles. The maximum Gasteiger partial charge on any atom is 0.514 e. The molecule has 0 radical (unpaired) electrons. The van der Waals surface area contributed by atoms with Gasteiger partial charge in [-0.1, -0.05) is 18.2 Å². The average Bonchev–Trinajstić information content (AvgIpc) is 2.75. The molecule has 0 bridgehead atoms. The van der Waals surface area contributed by atoms with E-state index in [1.807, 2.05) is 70.2 Å². The van der Waals surface area contributed by atoms with Crippen LogP contribution in [0.4, 0.5) is 0 Å². The third-order valence-electron chi connectivity index (χ3n) is 4.65. The van der Waals surface area contributed by atoms with E-state index in [1.165, 1.54) is 0 Å². The predicted molar refractivity (Wildman–Crippen MR) is 91.9 cm³/mol. The second-order valence-electron chi connectivity index (χ2n) is 6.74. The number of methoxy groups -OCH3 is 1. The van der Waals surface area contributed by atoms with Crippen molar-refractivity contribution < 1.29 is 14.0 Å². The summed E-state index contributed by atoms with van der Waals surface area (Å²) in [6, 6.07) is 13.7. The Balaban J connectivity index is 1.96. The summed E-state index contributed by atoms with van der Waals surface area (Å²) in [6.45, 7) is 8.16. The van der Waals surface area contributed by atoms with Crippen molar-refractivity contribution in [2.24, 2.45) is 0 Å². The molecule has 4 nitrogen and oxygen atoms in total. The van der Waals surface area contributed by atoms with Crippen molar-refractivity contribution in [1.29, 1.82) is 0 Å². The SMILES string of the molecule is COc1ccccc1-c1cccc(B2OC(C)(C)C(C)(C)O2)n1. The van der Waals surface area contributed by atoms with Crippen LogP contribution in [0.5, 0.6) is 5.75 Å². The van der Waals surface area contributed by atoms with Gasteiger partial charge in [0.25, 0.3) is 0 Å². The molecule has 1 fully saturated rings. The molecule has 1 aromatic heterocycles. The molecule has 1 aromatic carbocycles. The molecule has 0 unspecified atom stereocenters. The molecule has 0 saturated carbocycles. The topological polar surface area (TPSA) is 40.6 Å². The van der Waals surface area contributed by atoms with Gasteiger partial charge >= 0.3 is 7.12 Å². The Morgan fingerprint density at radius 2 is 1.57 bits per heavy atom. The van der Waals surface area contributed by atoms with Crippen molar-refractivity contribution in [2.45, 2.75) is 38.9 Å². The summed E-state index contributed by atoms with van der Waals surface area (Å²) in [7, 11) is 1.20. The molecule has 1 aliphatic rings. The standard InChI is InChI=1S/C18H22BNO3/c1-17(2)18(3,4)23-19(22-17)16-12-8-10-14(20-16)13-9-6-7-11-15(13)21-5/h6-12H,1-5H3. The van der Waals surface area contributed by atoms with Crippen molar-refractivity contribution in [3.05, 3.63) is 42.5 Å². The number of nitrogens with zero attached hydrogens (tertiary/aromatic N) is 1. The summed E-state index contributed by atoms with van der Waals surface area (Å²) in [6.07, 6.45) is 0. The van der Waals surface area contributed by atoms with Crippen LogP contribution in [0.15, 0.2) is 42.5 Å². The fourth-order valence-corrected chi connectivity index (χ4v) is 2.55. The third kappa shape index (κ3) is 2.86. The molecule has 1 aliphatic heterocycles. The van der Waals surface area contributed by atoms with Gasteiger partial charge in [0.2, 0.25) is 0 Å². The Hall–Kier alpha value is -1.85. The highest BCUT2D eigenvalue weighted by molar-refractivity contribution is 6.61. The zero-order chi connectivity index (χ0) is 16.7. The van der Waals surface area contributed by atoms with Gasteiger partial charge in [-0.15, -0.1) is 0 Å². The van der Waals surface area contributed by atoms with Crippen LogP contribution < -0.4 is 10.3 Å². The van der Waals surface area contributed by atoms with Crippen LogP contribution in [0.25, 0.3) is 11.3 Å². The lowest BCUT2D eigenvalue weighted by Gasteiger charge is -2.32. The van der Waals surface area contributed by atoms with E-state index in [2.05, 4.69) is 0 Å². The van der Waals surface area contributed by atoms with Gasteiger partial charge in [0.05, 0.1) is 29.6 Å². The van der Waals surface area contributed by atoms with Crippen LogP contribution in [0.1, 0.15) is 27.7 Å². The largest absolute Gasteiger partial charge is 0.514 e. The highest BCUT2D eigenvalue weighted by atomic mass is 16.7. The molecule has 3 rings (SSSR count). The molecule has 5 heteroatoms. The summed E-state index contributed by atoms with van der Waals surface area (Å²) in [5.41, 5.74) is 1.81. The zero-order valence-corrected chi connectivity index (χ0v) is 14.3. The van der Waals surface area contributed by atoms with E-state index < -0.39 is 7.12 Å². The summed E-state index contributed by atoms with van der Waals surface area (Å²) < 4.78 is 17.6. The monoisotopic (exact) mass is 311 g/mol. The van der Waals surface area contributed by atoms with E-state index >= 15 is 0 Å². The average molecular weight is 311 g/mol. The number of pyridine rings is 1. The van der Waals surface area contributed by atoms with Gasteiger partial charge in [0, 0.05) is 5.56 Å². The Kier molecular flexibility index (Phi) is 3.94. The van der Waals surface area contributed by atoms with Gasteiger partial charge in [-0.25, -0.2) is 0 Å². The first-order chi connectivity index (χ1) is 10.8. The maximum absolute atomic E-state index is 6.08. The fraction of sp³-hybridized carbons (Fsp3) is 0.389. The van der Waals surface area contributed by atoms with E-state index in [0.29, 0.717) is 0 Å². The first-order valence-electron chi connectivity index (χ1n) is 7.80. The number of ether oxygens (including phenoxy) is 1. The lowest BCUT2D eigenvalue weighted by molar-refractivity contribution is 0.00578. The number of aromatic nitrogens is 1. The molecular weight excluding hydrogens is 289 g/mol. The predicted octanol–water partition coefficient (Wildman–Crippen LogP) is 3.06. The lowest BCUT2D eigenvalue weighted by Crippen LogP contribution is -2.41. The molecule has 120 valence electrons. The van der Waals surface area contributed by atoms with Gasteiger partial charge in [-0.05, 0) is 52.0 Å². The van der Waals surface area contributed by atoms with Gasteiger partial charge in [-0.2, -0.15) is 0 Å². The van der Waals surface area contributed by atoms with Crippen LogP contribution in [0, 0.1) is 0 Å². The highest BCUT2D eigenvalue weighted by Crippen LogP contribution is 2.36. The van der Waals surface area contributed by atoms with Gasteiger partial charge in [0.1, 0.15) is 5.75 Å². The minimum Gasteiger partial charge on any atom is -0.496 e. The smallest absolute Gasteiger partial charge is 0.496 e. The molecule has 0 atom stereocenters. The van der Waals surface area contributed by atoms with Crippen LogP contribution in [0.2, 0.25) is 0 Å². The number of hydrogen-bond donors (Lipinski definition) is 0. The van der Waals surface area contributed by atoms with Crippen molar-refractivity contribution in [3.8, 4) is 17.0 Å². The minimum atomic E-state index is -0.463. The lowest BCUT2D eigenvalue weighted by atomic mass is 9.84. The summed E-state index contributed by atoms with van der Waals surface area (Å²) in [5.74, 6) is 0.797. The minimum absolute atomic E-state index is 0.375. The Morgan fingerprint density at radius 3 is 2.22 bits per heavy atom. The number of benzene rings is 1. The maximum atomic E-state index is 6.08. The van der Waals surface area contributed by atoms with E-state index in [-0.39, 0.29) is 11.2 Å². The van der Waals surface area contributed by atoms with Crippen molar-refractivity contribution >= 4 is 12.7 Å². The van der Waals surface area contributed by atoms with Crippen LogP contribution in [-0.2, 0) is 9.31 Å². The van der Waals surface area contributed by atoms with Crippen LogP contribution in [-0.4, -0.2) is 30.4 Å². The summed E-state index contributed by atoms with van der Waals surface area (Å²) in [5, 5.41) is 0. The number of rotatable bonds is 3. The summed E-state index contributed by atoms with van der Waals surface area (Å²) in [4.78, 5) is 4.73. The second kappa shape index (κ2) is 5.66. The van der Waals surface area contributed by atoms with Crippen molar-refractivity contribution in [3.63, 3.8) is 0 Å². The van der Waals surface area contributed by atoms with Crippen LogP contribution in [0.3, 0.4) is 0 Å². The van der Waals surface area contributed by atoms with E-state index in [4.69, 9.17) is 19.0 Å². The highest BCUT2D eigenvalue weighted by Gasteiger charge is 2.52. The molecule has 0 spiro atoms. The third-order valence-corrected chi connectivity index (χ3v) is 4.65. The van der Waals surface area contributed by atoms with E-state index in [9.17, 15) is 0 Å². The molecule has 0 amide bonds. The Labute approximate surface area is 137 Å². The number of hydrogen-bond acceptors (Lipinski definition) is 4. The van der Waals surface area contributed by atoms with E-state index in [1.54, 1.807) is 7.11 Å². The normalized spacial score (nSPS) is 18.9. The van der Waals surface area contributed by atoms with Crippen molar-refractivity contribution in [2.75, 3.05) is 7.11 Å². The fourth-order valence-electron chi connectivity index (χ4n) is 2.55. The van der Waals surface area contributed by atoms with Gasteiger partial charge < -0.3 is 14.0 Å². The van der Waals surface area contributed by atoms with E-state index in [0.717, 1.165) is 22.6 Å². The molecule has 0 aliphatic carbocycles.